The van der Waals surface area contributed by atoms with Crippen LogP contribution < -0.4 is 5.32 Å². The molecule has 1 aliphatic carbocycles. The van der Waals surface area contributed by atoms with E-state index in [0.29, 0.717) is 24.6 Å². The maximum Gasteiger partial charge on any atom is 0.303 e. The van der Waals surface area contributed by atoms with Crippen LogP contribution in [0.4, 0.5) is 5.69 Å². The number of aliphatic hydroxyl groups is 1. The zero-order chi connectivity index (χ0) is 24.7. The maximum atomic E-state index is 11.0. The molecule has 0 heterocycles. The Bertz CT molecular complexity index is 1000. The molecule has 0 spiro atoms. The first-order valence-corrected chi connectivity index (χ1v) is 12.0. The van der Waals surface area contributed by atoms with E-state index in [0.717, 1.165) is 30.4 Å². The number of fused-ring (bicyclic) bond motifs is 1. The summed E-state index contributed by atoms with van der Waals surface area (Å²) in [4.78, 5) is 14.5. The van der Waals surface area contributed by atoms with Gasteiger partial charge in [-0.1, -0.05) is 48.0 Å². The Kier molecular flexibility index (Phi) is 8.84. The molecule has 0 unspecified atom stereocenters. The van der Waals surface area contributed by atoms with Crippen LogP contribution in [-0.2, 0) is 28.8 Å². The topological polar surface area (TPSA) is 83.2 Å². The number of aliphatic hydroxyl groups excluding tert-OH is 1. The lowest BCUT2D eigenvalue weighted by atomic mass is 9.88. The lowest BCUT2D eigenvalue weighted by Crippen LogP contribution is -2.45. The van der Waals surface area contributed by atoms with Gasteiger partial charge in [0.05, 0.1) is 25.4 Å². The fourth-order valence-electron chi connectivity index (χ4n) is 4.90. The highest BCUT2D eigenvalue weighted by molar-refractivity contribution is 5.67. The molecule has 0 saturated carbocycles. The normalized spacial score (nSPS) is 15.5. The van der Waals surface area contributed by atoms with Crippen LogP contribution in [-0.4, -0.2) is 41.0 Å². The highest BCUT2D eigenvalue weighted by Crippen LogP contribution is 2.32. The summed E-state index contributed by atoms with van der Waals surface area (Å²) in [5.74, 6) is -0.269. The molecule has 0 fully saturated rings. The summed E-state index contributed by atoms with van der Waals surface area (Å²) in [5, 5.41) is 23.1. The average Bonchev–Trinajstić information content (AvgIpc) is 3.21. The molecule has 0 bridgehead atoms. The second-order valence-corrected chi connectivity index (χ2v) is 10.0. The zero-order valence-corrected chi connectivity index (χ0v) is 20.4. The molecule has 2 aromatic rings. The molecule has 0 aliphatic heterocycles. The minimum atomic E-state index is -0.877. The number of ether oxygens (including phenoxy) is 1. The quantitative estimate of drug-likeness (QED) is 0.391. The maximum absolute atomic E-state index is 11.0. The molecule has 0 saturated heterocycles. The van der Waals surface area contributed by atoms with Crippen LogP contribution in [0.2, 0.25) is 0 Å². The molecule has 3 rings (SSSR count). The number of hydrogen-bond donors (Lipinski definition) is 3. The number of benzene rings is 2. The van der Waals surface area contributed by atoms with Crippen LogP contribution in [0.5, 0.6) is 0 Å². The Morgan fingerprint density at radius 1 is 1.24 bits per heavy atom. The van der Waals surface area contributed by atoms with Crippen molar-refractivity contribution in [1.29, 1.82) is 0 Å². The number of aliphatic carboxylic acids is 1. The number of hydrogen-bond acceptors (Lipinski definition) is 4. The van der Waals surface area contributed by atoms with Crippen LogP contribution >= 0.6 is 0 Å². The lowest BCUT2D eigenvalue weighted by Gasteiger charge is -2.31. The van der Waals surface area contributed by atoms with Gasteiger partial charge in [0.1, 0.15) is 0 Å². The first kappa shape index (κ1) is 25.9. The molecule has 6 heteroatoms. The summed E-state index contributed by atoms with van der Waals surface area (Å²) in [6, 6.07) is 13.9. The van der Waals surface area contributed by atoms with Crippen molar-refractivity contribution >= 4 is 11.7 Å². The van der Waals surface area contributed by atoms with Crippen molar-refractivity contribution in [2.24, 2.45) is 5.92 Å². The van der Waals surface area contributed by atoms with Crippen molar-refractivity contribution in [1.82, 2.24) is 5.32 Å². The number of carboxylic acid groups (broad SMARTS) is 1. The number of nitrogens with zero attached hydrogens (tertiary/aromatic N) is 1. The van der Waals surface area contributed by atoms with Gasteiger partial charge in [-0.2, -0.15) is 0 Å². The van der Waals surface area contributed by atoms with Crippen LogP contribution in [0.3, 0.4) is 0 Å². The summed E-state index contributed by atoms with van der Waals surface area (Å²) in [7, 11) is 0. The largest absolute Gasteiger partial charge is 0.481 e. The van der Waals surface area contributed by atoms with E-state index >= 15 is 0 Å². The van der Waals surface area contributed by atoms with E-state index in [9.17, 15) is 9.90 Å². The number of rotatable bonds is 12. The van der Waals surface area contributed by atoms with Gasteiger partial charge < -0.3 is 20.3 Å². The molecule has 2 aromatic carbocycles. The third-order valence-corrected chi connectivity index (χ3v) is 6.59. The minimum absolute atomic E-state index is 0.00508. The molecular weight excluding hydrogens is 428 g/mol. The standard InChI is InChI=1S/C28H36N2O4/c1-19(26-11-10-24(29-4)15-23(26)9-12-27(32)33)34-18-25(31)17-30-28(2,3)16-20-13-21-7-5-6-8-22(21)14-20/h5-8,10-11,15,19-20,25,30-31H,9,12-14,16-18H2,1-3H3,(H,32,33)/t19-,25-/m1/s1. The van der Waals surface area contributed by atoms with E-state index in [1.807, 2.05) is 13.0 Å². The van der Waals surface area contributed by atoms with Crippen molar-refractivity contribution in [2.45, 2.75) is 70.6 Å². The third-order valence-electron chi connectivity index (χ3n) is 6.59. The van der Waals surface area contributed by atoms with Crippen molar-refractivity contribution in [3.8, 4) is 0 Å². The molecule has 3 N–H and O–H groups in total. The summed E-state index contributed by atoms with van der Waals surface area (Å²) >= 11 is 0. The Morgan fingerprint density at radius 3 is 2.53 bits per heavy atom. The average molecular weight is 465 g/mol. The van der Waals surface area contributed by atoms with Gasteiger partial charge in [0.25, 0.3) is 0 Å². The molecule has 0 aromatic heterocycles. The van der Waals surface area contributed by atoms with Crippen molar-refractivity contribution in [3.63, 3.8) is 0 Å². The lowest BCUT2D eigenvalue weighted by molar-refractivity contribution is -0.136. The van der Waals surface area contributed by atoms with Gasteiger partial charge in [-0.3, -0.25) is 4.79 Å². The summed E-state index contributed by atoms with van der Waals surface area (Å²) in [6.07, 6.45) is 2.61. The van der Waals surface area contributed by atoms with E-state index < -0.39 is 12.1 Å². The fourth-order valence-corrected chi connectivity index (χ4v) is 4.90. The van der Waals surface area contributed by atoms with Crippen LogP contribution in [0.15, 0.2) is 42.5 Å². The van der Waals surface area contributed by atoms with Gasteiger partial charge in [-0.25, -0.2) is 4.85 Å². The second-order valence-electron chi connectivity index (χ2n) is 10.0. The SMILES string of the molecule is [C-]#[N+]c1ccc([C@@H](C)OC[C@H](O)CNC(C)(C)CC2Cc3ccccc3C2)c(CCC(=O)O)c1. The number of carboxylic acids is 1. The molecule has 34 heavy (non-hydrogen) atoms. The van der Waals surface area contributed by atoms with Gasteiger partial charge in [0, 0.05) is 18.5 Å². The first-order chi connectivity index (χ1) is 16.2. The highest BCUT2D eigenvalue weighted by Gasteiger charge is 2.28. The Morgan fingerprint density at radius 2 is 1.91 bits per heavy atom. The van der Waals surface area contributed by atoms with E-state index in [-0.39, 0.29) is 24.7 Å². The van der Waals surface area contributed by atoms with Gasteiger partial charge in [0.2, 0.25) is 0 Å². The number of β-amino-alcohol motifs (C(OH)–C–C–N with tert-alkyl or cyclic N) is 1. The van der Waals surface area contributed by atoms with Gasteiger partial charge in [0.15, 0.2) is 5.69 Å². The first-order valence-electron chi connectivity index (χ1n) is 12.0. The zero-order valence-electron chi connectivity index (χ0n) is 20.4. The van der Waals surface area contributed by atoms with E-state index in [2.05, 4.69) is 48.3 Å². The van der Waals surface area contributed by atoms with E-state index in [1.165, 1.54) is 11.1 Å². The van der Waals surface area contributed by atoms with Crippen molar-refractivity contribution in [2.75, 3.05) is 13.2 Å². The predicted octanol–water partition coefficient (Wildman–Crippen LogP) is 4.87. The molecule has 6 nitrogen and oxygen atoms in total. The second kappa shape index (κ2) is 11.6. The number of nitrogens with one attached hydrogen (secondary N) is 1. The molecule has 182 valence electrons. The number of carbonyl (C=O) groups is 1. The summed E-state index contributed by atoms with van der Waals surface area (Å²) < 4.78 is 5.94. The Hall–Kier alpha value is -2.72. The molecule has 2 atom stereocenters. The van der Waals surface area contributed by atoms with Gasteiger partial charge in [-0.05, 0) is 69.1 Å². The molecular formula is C28H36N2O4. The summed E-state index contributed by atoms with van der Waals surface area (Å²) in [6.45, 7) is 14.1. The van der Waals surface area contributed by atoms with Crippen LogP contribution in [0.1, 0.15) is 62.0 Å². The van der Waals surface area contributed by atoms with E-state index in [1.54, 1.807) is 12.1 Å². The highest BCUT2D eigenvalue weighted by atomic mass is 16.5. The molecule has 0 amide bonds. The predicted molar refractivity (Wildman–Crippen MR) is 133 cm³/mol. The van der Waals surface area contributed by atoms with E-state index in [4.69, 9.17) is 16.4 Å². The molecule has 1 aliphatic rings. The smallest absolute Gasteiger partial charge is 0.303 e. The Balaban J connectivity index is 1.47. The molecule has 0 radical (unpaired) electrons. The van der Waals surface area contributed by atoms with Crippen molar-refractivity contribution < 1.29 is 19.7 Å². The monoisotopic (exact) mass is 464 g/mol. The summed E-state index contributed by atoms with van der Waals surface area (Å²) in [5.41, 5.74) is 4.95. The van der Waals surface area contributed by atoms with Crippen LogP contribution in [0.25, 0.3) is 4.85 Å². The number of aryl methyl sites for hydroxylation is 1. The fraction of sp³-hybridized carbons (Fsp3) is 0.500. The van der Waals surface area contributed by atoms with Gasteiger partial charge in [-0.15, -0.1) is 0 Å². The Labute approximate surface area is 202 Å². The van der Waals surface area contributed by atoms with Crippen LogP contribution in [0, 0.1) is 12.5 Å². The minimum Gasteiger partial charge on any atom is -0.481 e. The van der Waals surface area contributed by atoms with Gasteiger partial charge >= 0.3 is 5.97 Å². The van der Waals surface area contributed by atoms with Crippen molar-refractivity contribution in [3.05, 3.63) is 76.1 Å². The third kappa shape index (κ3) is 7.39.